The van der Waals surface area contributed by atoms with Crippen molar-refractivity contribution >= 4 is 5.71 Å². The molecule has 0 fully saturated rings. The van der Waals surface area contributed by atoms with Gasteiger partial charge in [-0.15, -0.1) is 0 Å². The maximum Gasteiger partial charge on any atom is 0.124 e. The molecule has 0 N–H and O–H groups in total. The third-order valence-corrected chi connectivity index (χ3v) is 1.34. The van der Waals surface area contributed by atoms with Crippen molar-refractivity contribution in [2.75, 3.05) is 0 Å². The van der Waals surface area contributed by atoms with Crippen molar-refractivity contribution in [2.24, 2.45) is 5.16 Å². The smallest absolute Gasteiger partial charge is 0.124 e. The number of oxime groups is 1. The molecule has 1 unspecified atom stereocenters. The van der Waals surface area contributed by atoms with E-state index in [1.165, 1.54) is 0 Å². The molecule has 0 amide bonds. The van der Waals surface area contributed by atoms with Crippen LogP contribution in [0.4, 0.5) is 0 Å². The molecule has 0 aromatic carbocycles. The highest BCUT2D eigenvalue weighted by Gasteiger charge is 1.95. The van der Waals surface area contributed by atoms with Crippen molar-refractivity contribution in [1.82, 2.24) is 0 Å². The zero-order chi connectivity index (χ0) is 7.98. The highest BCUT2D eigenvalue weighted by atomic mass is 16.6. The van der Waals surface area contributed by atoms with Crippen LogP contribution in [0.25, 0.3) is 0 Å². The van der Waals surface area contributed by atoms with Gasteiger partial charge in [-0.2, -0.15) is 0 Å². The summed E-state index contributed by atoms with van der Waals surface area (Å²) in [7, 11) is 0. The Morgan fingerprint density at radius 2 is 2.20 bits per heavy atom. The van der Waals surface area contributed by atoms with Crippen molar-refractivity contribution in [3.8, 4) is 0 Å². The molecule has 0 aliphatic rings. The Bertz CT molecular complexity index is 110. The van der Waals surface area contributed by atoms with Crippen LogP contribution < -0.4 is 0 Å². The molecule has 2 nitrogen and oxygen atoms in total. The van der Waals surface area contributed by atoms with E-state index < -0.39 is 0 Å². The first-order valence-corrected chi connectivity index (χ1v) is 3.75. The Hall–Kier alpha value is -0.530. The van der Waals surface area contributed by atoms with Crippen molar-refractivity contribution in [1.29, 1.82) is 0 Å². The summed E-state index contributed by atoms with van der Waals surface area (Å²) < 4.78 is 0. The van der Waals surface area contributed by atoms with Gasteiger partial charge in [-0.05, 0) is 26.7 Å². The summed E-state index contributed by atoms with van der Waals surface area (Å²) in [6.45, 7) is 9.75. The number of rotatable bonds is 4. The van der Waals surface area contributed by atoms with E-state index in [-0.39, 0.29) is 6.10 Å². The normalized spacial score (nSPS) is 15.0. The zero-order valence-corrected chi connectivity index (χ0v) is 7.05. The lowest BCUT2D eigenvalue weighted by Crippen LogP contribution is -2.03. The minimum Gasteiger partial charge on any atom is -0.393 e. The molecule has 2 heteroatoms. The first-order chi connectivity index (χ1) is 4.70. The van der Waals surface area contributed by atoms with Gasteiger partial charge in [-0.1, -0.05) is 19.0 Å². The Kier molecular flexibility index (Phi) is 4.99. The second kappa shape index (κ2) is 5.27. The van der Waals surface area contributed by atoms with Crippen LogP contribution >= 0.6 is 0 Å². The summed E-state index contributed by atoms with van der Waals surface area (Å²) in [4.78, 5) is 5.07. The molecular formula is C8H16NO. The first-order valence-electron chi connectivity index (χ1n) is 3.75. The highest BCUT2D eigenvalue weighted by Crippen LogP contribution is 1.97. The van der Waals surface area contributed by atoms with Gasteiger partial charge in [0, 0.05) is 0 Å². The maximum atomic E-state index is 5.07. The predicted molar refractivity (Wildman–Crippen MR) is 43.9 cm³/mol. The summed E-state index contributed by atoms with van der Waals surface area (Å²) in [6, 6.07) is 0. The van der Waals surface area contributed by atoms with E-state index >= 15 is 0 Å². The Morgan fingerprint density at radius 1 is 1.60 bits per heavy atom. The molecule has 1 radical (unpaired) electrons. The van der Waals surface area contributed by atoms with Crippen molar-refractivity contribution in [3.63, 3.8) is 0 Å². The molecule has 10 heavy (non-hydrogen) atoms. The third-order valence-electron chi connectivity index (χ3n) is 1.34. The van der Waals surface area contributed by atoms with Gasteiger partial charge in [0.05, 0.1) is 5.71 Å². The molecular weight excluding hydrogens is 126 g/mol. The quantitative estimate of drug-likeness (QED) is 0.436. The fourth-order valence-corrected chi connectivity index (χ4v) is 0.304. The van der Waals surface area contributed by atoms with Crippen LogP contribution in [0.15, 0.2) is 5.16 Å². The van der Waals surface area contributed by atoms with Crippen molar-refractivity contribution < 1.29 is 4.84 Å². The SMILES string of the molecule is [CH2]/C(CC)=N\OC(C)CC. The van der Waals surface area contributed by atoms with E-state index in [1.807, 2.05) is 13.8 Å². The van der Waals surface area contributed by atoms with Crippen molar-refractivity contribution in [2.45, 2.75) is 39.7 Å². The monoisotopic (exact) mass is 142 g/mol. The largest absolute Gasteiger partial charge is 0.393 e. The molecule has 0 bridgehead atoms. The molecule has 1 atom stereocenters. The fourth-order valence-electron chi connectivity index (χ4n) is 0.304. The Labute approximate surface area is 63.3 Å². The van der Waals surface area contributed by atoms with Crippen LogP contribution in [-0.4, -0.2) is 11.8 Å². The summed E-state index contributed by atoms with van der Waals surface area (Å²) in [5, 5.41) is 3.82. The van der Waals surface area contributed by atoms with Gasteiger partial charge in [-0.3, -0.25) is 0 Å². The molecule has 0 aromatic rings. The summed E-state index contributed by atoms with van der Waals surface area (Å²) in [6.07, 6.45) is 2.06. The second-order valence-electron chi connectivity index (χ2n) is 2.34. The molecule has 0 heterocycles. The van der Waals surface area contributed by atoms with Gasteiger partial charge in [0.15, 0.2) is 0 Å². The van der Waals surface area contributed by atoms with Crippen LogP contribution in [-0.2, 0) is 4.84 Å². The lowest BCUT2D eigenvalue weighted by atomic mass is 10.3. The second-order valence-corrected chi connectivity index (χ2v) is 2.34. The van der Waals surface area contributed by atoms with Gasteiger partial charge in [-0.25, -0.2) is 0 Å². The topological polar surface area (TPSA) is 21.6 Å². The molecule has 0 spiro atoms. The van der Waals surface area contributed by atoms with E-state index in [1.54, 1.807) is 0 Å². The van der Waals surface area contributed by atoms with E-state index in [9.17, 15) is 0 Å². The maximum absolute atomic E-state index is 5.07. The molecule has 0 saturated carbocycles. The summed E-state index contributed by atoms with van der Waals surface area (Å²) >= 11 is 0. The van der Waals surface area contributed by atoms with Crippen LogP contribution in [0.5, 0.6) is 0 Å². The van der Waals surface area contributed by atoms with Crippen LogP contribution in [0.3, 0.4) is 0 Å². The number of nitrogens with zero attached hydrogens (tertiary/aromatic N) is 1. The summed E-state index contributed by atoms with van der Waals surface area (Å²) in [5.41, 5.74) is 0.806. The Balaban J connectivity index is 3.50. The third kappa shape index (κ3) is 4.36. The van der Waals surface area contributed by atoms with Gasteiger partial charge in [0.25, 0.3) is 0 Å². The standard InChI is InChI=1S/C8H16NO/c1-5-7(3)9-10-8(4)6-2/h8H,3,5-6H2,1-2,4H3/b9-7+. The average molecular weight is 142 g/mol. The molecule has 0 aliphatic carbocycles. The Morgan fingerprint density at radius 3 is 2.60 bits per heavy atom. The minimum atomic E-state index is 0.211. The summed E-state index contributed by atoms with van der Waals surface area (Å²) in [5.74, 6) is 0. The van der Waals surface area contributed by atoms with E-state index in [0.717, 1.165) is 18.6 Å². The predicted octanol–water partition coefficient (Wildman–Crippen LogP) is 2.40. The first kappa shape index (κ1) is 9.47. The van der Waals surface area contributed by atoms with E-state index in [4.69, 9.17) is 4.84 Å². The van der Waals surface area contributed by atoms with Crippen LogP contribution in [0.1, 0.15) is 33.6 Å². The van der Waals surface area contributed by atoms with E-state index in [2.05, 4.69) is 19.0 Å². The van der Waals surface area contributed by atoms with E-state index in [0.29, 0.717) is 0 Å². The van der Waals surface area contributed by atoms with Crippen LogP contribution in [0, 0.1) is 6.92 Å². The molecule has 59 valence electrons. The van der Waals surface area contributed by atoms with Gasteiger partial charge < -0.3 is 4.84 Å². The molecule has 0 aliphatic heterocycles. The lowest BCUT2D eigenvalue weighted by molar-refractivity contribution is 0.0697. The van der Waals surface area contributed by atoms with Gasteiger partial charge in [0.2, 0.25) is 0 Å². The number of hydrogen-bond acceptors (Lipinski definition) is 2. The highest BCUT2D eigenvalue weighted by molar-refractivity contribution is 5.87. The minimum absolute atomic E-state index is 0.211. The molecule has 0 rings (SSSR count). The lowest BCUT2D eigenvalue weighted by Gasteiger charge is -2.05. The molecule has 0 saturated heterocycles. The fraction of sp³-hybridized carbons (Fsp3) is 0.750. The van der Waals surface area contributed by atoms with Crippen molar-refractivity contribution in [3.05, 3.63) is 6.92 Å². The van der Waals surface area contributed by atoms with Gasteiger partial charge in [0.1, 0.15) is 6.10 Å². The average Bonchev–Trinajstić information content (AvgIpc) is 1.99. The van der Waals surface area contributed by atoms with Crippen LogP contribution in [0.2, 0.25) is 0 Å². The number of hydrogen-bond donors (Lipinski definition) is 0. The zero-order valence-electron chi connectivity index (χ0n) is 7.05. The molecule has 0 aromatic heterocycles. The van der Waals surface area contributed by atoms with Gasteiger partial charge >= 0.3 is 0 Å².